The third-order valence-corrected chi connectivity index (χ3v) is 7.43. The minimum atomic E-state index is -0.417. The van der Waals surface area contributed by atoms with Gasteiger partial charge in [-0.3, -0.25) is 4.79 Å². The van der Waals surface area contributed by atoms with Gasteiger partial charge < -0.3 is 14.6 Å². The molecule has 0 radical (unpaired) electrons. The summed E-state index contributed by atoms with van der Waals surface area (Å²) in [5.74, 6) is -0.564. The van der Waals surface area contributed by atoms with E-state index in [4.69, 9.17) is 9.72 Å². The molecule has 0 saturated carbocycles. The summed E-state index contributed by atoms with van der Waals surface area (Å²) in [6.07, 6.45) is 4.66. The first-order valence-corrected chi connectivity index (χ1v) is 13.5. The van der Waals surface area contributed by atoms with E-state index < -0.39 is 6.04 Å². The fourth-order valence-electron chi connectivity index (χ4n) is 5.73. The average molecular weight is 537 g/mol. The number of ether oxygens (including phenoxy) is 1. The van der Waals surface area contributed by atoms with Crippen molar-refractivity contribution in [2.24, 2.45) is 0 Å². The molecule has 1 N–H and O–H groups in total. The molecule has 6 nitrogen and oxygen atoms in total. The zero-order chi connectivity index (χ0) is 28.4. The van der Waals surface area contributed by atoms with Crippen molar-refractivity contribution in [3.8, 4) is 6.07 Å². The maximum absolute atomic E-state index is 14.0. The number of aromatic nitrogens is 2. The molecule has 5 rings (SSSR count). The van der Waals surface area contributed by atoms with Gasteiger partial charge in [0.1, 0.15) is 17.5 Å². The Kier molecular flexibility index (Phi) is 7.55. The highest BCUT2D eigenvalue weighted by molar-refractivity contribution is 5.96. The number of nitrogens with zero attached hydrogens (tertiary/aromatic N) is 3. The van der Waals surface area contributed by atoms with Crippen LogP contribution in [0.3, 0.4) is 0 Å². The molecular weight excluding hydrogens is 503 g/mol. The molecule has 0 bridgehead atoms. The third-order valence-electron chi connectivity index (χ3n) is 7.43. The summed E-state index contributed by atoms with van der Waals surface area (Å²) in [4.78, 5) is 18.0. The molecule has 204 valence electrons. The molecule has 2 aromatic carbocycles. The first-order chi connectivity index (χ1) is 19.2. The van der Waals surface area contributed by atoms with E-state index in [9.17, 15) is 14.4 Å². The highest BCUT2D eigenvalue weighted by Crippen LogP contribution is 2.37. The SMILES string of the molecule is Cc1cc(C)c2c(C#N)c(/C=C/C(=O)NC3CCOC(C)(C)C3)n(C(c3ccccc3)c3ccc(F)cc3)c2n1. The van der Waals surface area contributed by atoms with Crippen LogP contribution in [0.2, 0.25) is 0 Å². The van der Waals surface area contributed by atoms with Gasteiger partial charge in [-0.25, -0.2) is 9.37 Å². The second-order valence-electron chi connectivity index (χ2n) is 11.0. The second-order valence-corrected chi connectivity index (χ2v) is 11.0. The Morgan fingerprint density at radius 1 is 1.18 bits per heavy atom. The lowest BCUT2D eigenvalue weighted by Crippen LogP contribution is -2.45. The van der Waals surface area contributed by atoms with Crippen LogP contribution in [-0.2, 0) is 9.53 Å². The molecule has 2 unspecified atom stereocenters. The average Bonchev–Trinajstić information content (AvgIpc) is 3.22. The molecule has 1 saturated heterocycles. The number of nitriles is 1. The van der Waals surface area contributed by atoms with Gasteiger partial charge in [0.2, 0.25) is 5.91 Å². The number of benzene rings is 2. The van der Waals surface area contributed by atoms with Crippen molar-refractivity contribution in [3.63, 3.8) is 0 Å². The first-order valence-electron chi connectivity index (χ1n) is 13.5. The van der Waals surface area contributed by atoms with Crippen LogP contribution in [0.15, 0.2) is 66.7 Å². The number of carbonyl (C=O) groups excluding carboxylic acids is 1. The van der Waals surface area contributed by atoms with Gasteiger partial charge in [0.25, 0.3) is 0 Å². The first kappa shape index (κ1) is 27.3. The summed E-state index contributed by atoms with van der Waals surface area (Å²) >= 11 is 0. The number of hydrogen-bond donors (Lipinski definition) is 1. The minimum Gasteiger partial charge on any atom is -0.375 e. The lowest BCUT2D eigenvalue weighted by atomic mass is 9.94. The van der Waals surface area contributed by atoms with Crippen LogP contribution >= 0.6 is 0 Å². The molecule has 1 amide bonds. The number of nitrogens with one attached hydrogen (secondary N) is 1. The Labute approximate surface area is 234 Å². The summed E-state index contributed by atoms with van der Waals surface area (Å²) in [7, 11) is 0. The number of rotatable bonds is 6. The number of aryl methyl sites for hydroxylation is 2. The normalized spacial score (nSPS) is 17.6. The van der Waals surface area contributed by atoms with Crippen LogP contribution in [0.4, 0.5) is 4.39 Å². The Morgan fingerprint density at radius 3 is 2.55 bits per heavy atom. The van der Waals surface area contributed by atoms with Gasteiger partial charge in [-0.2, -0.15) is 5.26 Å². The number of fused-ring (bicyclic) bond motifs is 1. The maximum atomic E-state index is 14.0. The molecule has 1 fully saturated rings. The Morgan fingerprint density at radius 2 is 1.88 bits per heavy atom. The van der Waals surface area contributed by atoms with E-state index in [1.807, 2.05) is 68.7 Å². The van der Waals surface area contributed by atoms with Crippen LogP contribution in [0.1, 0.15) is 66.4 Å². The molecule has 2 atom stereocenters. The maximum Gasteiger partial charge on any atom is 0.244 e. The monoisotopic (exact) mass is 536 g/mol. The Bertz CT molecular complexity index is 1610. The van der Waals surface area contributed by atoms with Gasteiger partial charge in [0.15, 0.2) is 0 Å². The summed E-state index contributed by atoms with van der Waals surface area (Å²) < 4.78 is 21.8. The number of amides is 1. The van der Waals surface area contributed by atoms with Crippen LogP contribution in [0, 0.1) is 31.0 Å². The number of hydrogen-bond acceptors (Lipinski definition) is 4. The molecule has 3 heterocycles. The van der Waals surface area contributed by atoms with Crippen molar-refractivity contribution in [3.05, 3.63) is 106 Å². The van der Waals surface area contributed by atoms with Crippen molar-refractivity contribution in [1.29, 1.82) is 5.26 Å². The fourth-order valence-corrected chi connectivity index (χ4v) is 5.73. The van der Waals surface area contributed by atoms with E-state index in [2.05, 4.69) is 11.4 Å². The Balaban J connectivity index is 1.68. The van der Waals surface area contributed by atoms with E-state index in [1.165, 1.54) is 18.2 Å². The van der Waals surface area contributed by atoms with Crippen molar-refractivity contribution in [2.45, 2.75) is 58.2 Å². The number of carbonyl (C=O) groups is 1. The lowest BCUT2D eigenvalue weighted by Gasteiger charge is -2.35. The molecule has 40 heavy (non-hydrogen) atoms. The quantitative estimate of drug-likeness (QED) is 0.290. The van der Waals surface area contributed by atoms with E-state index in [0.717, 1.165) is 40.6 Å². The van der Waals surface area contributed by atoms with Gasteiger partial charge in [-0.05, 0) is 81.5 Å². The van der Waals surface area contributed by atoms with E-state index in [-0.39, 0.29) is 23.4 Å². The Hall–Kier alpha value is -4.28. The van der Waals surface area contributed by atoms with Crippen LogP contribution in [0.5, 0.6) is 0 Å². The van der Waals surface area contributed by atoms with Crippen molar-refractivity contribution < 1.29 is 13.9 Å². The van der Waals surface area contributed by atoms with Gasteiger partial charge in [-0.15, -0.1) is 0 Å². The smallest absolute Gasteiger partial charge is 0.244 e. The molecule has 0 spiro atoms. The highest BCUT2D eigenvalue weighted by atomic mass is 19.1. The van der Waals surface area contributed by atoms with Crippen molar-refractivity contribution in [1.82, 2.24) is 14.9 Å². The predicted octanol–water partition coefficient (Wildman–Crippen LogP) is 6.39. The summed E-state index contributed by atoms with van der Waals surface area (Å²) in [6.45, 7) is 8.52. The van der Waals surface area contributed by atoms with E-state index in [1.54, 1.807) is 18.2 Å². The number of pyridine rings is 1. The molecule has 1 aliphatic heterocycles. The minimum absolute atomic E-state index is 0.00467. The lowest BCUT2D eigenvalue weighted by molar-refractivity contribution is -0.119. The van der Waals surface area contributed by atoms with Gasteiger partial charge in [0.05, 0.1) is 22.9 Å². The fraction of sp³-hybridized carbons (Fsp3) is 0.303. The molecule has 7 heteroatoms. The molecule has 2 aromatic heterocycles. The summed E-state index contributed by atoms with van der Waals surface area (Å²) in [5.41, 5.74) is 4.87. The summed E-state index contributed by atoms with van der Waals surface area (Å²) in [5, 5.41) is 14.2. The number of halogens is 1. The molecule has 4 aromatic rings. The third kappa shape index (κ3) is 5.54. The molecular formula is C33H33FN4O2. The topological polar surface area (TPSA) is 79.9 Å². The zero-order valence-electron chi connectivity index (χ0n) is 23.2. The van der Waals surface area contributed by atoms with Crippen LogP contribution in [0.25, 0.3) is 17.1 Å². The van der Waals surface area contributed by atoms with E-state index in [0.29, 0.717) is 23.5 Å². The van der Waals surface area contributed by atoms with Gasteiger partial charge >= 0.3 is 0 Å². The zero-order valence-corrected chi connectivity index (χ0v) is 23.2. The largest absolute Gasteiger partial charge is 0.375 e. The standard InChI is InChI=1S/C33H33FN4O2/c1-21-18-22(2)36-32-30(21)27(20-35)28(14-15-29(39)37-26-16-17-40-33(3,4)19-26)38(32)31(23-8-6-5-7-9-23)24-10-12-25(34)13-11-24/h5-15,18,26,31H,16-17,19H2,1-4H3,(H,37,39)/b15-14+. The van der Waals surface area contributed by atoms with Crippen LogP contribution < -0.4 is 5.32 Å². The van der Waals surface area contributed by atoms with Gasteiger partial charge in [0, 0.05) is 29.8 Å². The highest BCUT2D eigenvalue weighted by Gasteiger charge is 2.30. The molecule has 0 aliphatic carbocycles. The van der Waals surface area contributed by atoms with Crippen molar-refractivity contribution >= 4 is 23.0 Å². The second kappa shape index (κ2) is 11.1. The summed E-state index contributed by atoms with van der Waals surface area (Å²) in [6, 6.07) is 20.1. The molecule has 1 aliphatic rings. The van der Waals surface area contributed by atoms with Crippen molar-refractivity contribution in [2.75, 3.05) is 6.61 Å². The van der Waals surface area contributed by atoms with Gasteiger partial charge in [-0.1, -0.05) is 42.5 Å². The van der Waals surface area contributed by atoms with E-state index >= 15 is 0 Å². The predicted molar refractivity (Wildman–Crippen MR) is 154 cm³/mol. The van der Waals surface area contributed by atoms with Crippen LogP contribution in [-0.4, -0.2) is 33.7 Å².